The van der Waals surface area contributed by atoms with E-state index < -0.39 is 34.6 Å². The van der Waals surface area contributed by atoms with Gasteiger partial charge in [0.2, 0.25) is 0 Å². The molecule has 4 aliphatic heterocycles. The molecule has 6 rings (SSSR count). The molecule has 0 aromatic heterocycles. The number of ether oxygens (including phenoxy) is 2. The van der Waals surface area contributed by atoms with E-state index >= 15 is 0 Å². The molecular formula is C27H31N2O9PW. The summed E-state index contributed by atoms with van der Waals surface area (Å²) in [4.78, 5) is 29.4. The van der Waals surface area contributed by atoms with Gasteiger partial charge in [0, 0.05) is 50.4 Å². The number of allylic oxidation sites excluding steroid dienone is 2. The third-order valence-corrected chi connectivity index (χ3v) is 13.2. The summed E-state index contributed by atoms with van der Waals surface area (Å²) in [7, 11) is 1.58. The molecule has 13 heteroatoms. The molecule has 1 saturated carbocycles. The molecule has 2 unspecified atom stereocenters. The second kappa shape index (κ2) is 14.7. The average molecular weight is 742 g/mol. The number of carbonyl (C=O) groups is 2. The number of amidine groups is 1. The number of rotatable bonds is 2. The summed E-state index contributed by atoms with van der Waals surface area (Å²) in [5.74, 6) is 0.528. The fraction of sp³-hybridized carbons (Fsp3) is 0.630. The molecule has 6 bridgehead atoms. The van der Waals surface area contributed by atoms with Crippen molar-refractivity contribution in [2.75, 3.05) is 27.3 Å². The normalized spacial score (nSPS) is 35.9. The van der Waals surface area contributed by atoms with Gasteiger partial charge in [-0.2, -0.15) is 0 Å². The van der Waals surface area contributed by atoms with Crippen molar-refractivity contribution in [2.45, 2.75) is 64.2 Å². The van der Waals surface area contributed by atoms with Crippen molar-refractivity contribution in [1.82, 2.24) is 4.90 Å². The third-order valence-electron chi connectivity index (χ3n) is 9.88. The van der Waals surface area contributed by atoms with Crippen LogP contribution in [0.5, 0.6) is 0 Å². The van der Waals surface area contributed by atoms with Crippen LogP contribution in [-0.2, 0) is 63.4 Å². The van der Waals surface area contributed by atoms with Crippen LogP contribution >= 0.6 is 8.07 Å². The van der Waals surface area contributed by atoms with Crippen molar-refractivity contribution in [3.05, 3.63) is 44.4 Å². The standard InChI is InChI=1S/C22H31N2O4P.5CO.W/c1-13-14(2)19(4)20(5)15(24-11-9-8-10-12-24)23-29-21(16(25)27-6,18(13,20)3)22(19,29)17(26)28-7;5*1-2;/h8-12H2,1-7H3;;;;;;/t18-,19+,20?,21+,22-,29?;;;;;;. The molecule has 2 saturated heterocycles. The van der Waals surface area contributed by atoms with Crippen LogP contribution in [-0.4, -0.2) is 60.3 Å². The largest absolute Gasteiger partial charge is 0 e. The quantitative estimate of drug-likeness (QED) is 0.139. The zero-order chi connectivity index (χ0) is 31.2. The molecule has 0 spiro atoms. The average Bonchev–Trinajstić information content (AvgIpc) is 3.62. The van der Waals surface area contributed by atoms with Gasteiger partial charge in [-0.25, -0.2) is 4.76 Å². The van der Waals surface area contributed by atoms with Gasteiger partial charge in [0.05, 0.1) is 22.3 Å². The van der Waals surface area contributed by atoms with Crippen LogP contribution in [0.3, 0.4) is 0 Å². The van der Waals surface area contributed by atoms with Crippen LogP contribution in [0.15, 0.2) is 15.9 Å². The summed E-state index contributed by atoms with van der Waals surface area (Å²) in [6.07, 6.45) is 3.57. The van der Waals surface area contributed by atoms with Crippen LogP contribution in [0.2, 0.25) is 0 Å². The molecule has 214 valence electrons. The summed E-state index contributed by atoms with van der Waals surface area (Å²) < 4.78 is 53.5. The third kappa shape index (κ3) is 3.84. The zero-order valence-electron chi connectivity index (χ0n) is 23.5. The van der Waals surface area contributed by atoms with E-state index in [4.69, 9.17) is 37.5 Å². The maximum Gasteiger partial charge on any atom is 0 e. The van der Waals surface area contributed by atoms with Crippen LogP contribution < -0.4 is 0 Å². The van der Waals surface area contributed by atoms with E-state index in [-0.39, 0.29) is 33.0 Å². The molecule has 0 radical (unpaired) electrons. The molecule has 4 heterocycles. The molecule has 2 aliphatic carbocycles. The minimum Gasteiger partial charge on any atom is 0 e. The van der Waals surface area contributed by atoms with Gasteiger partial charge in [0.1, 0.15) is 16.1 Å². The smallest absolute Gasteiger partial charge is 0 e. The Morgan fingerprint density at radius 3 is 1.35 bits per heavy atom. The van der Waals surface area contributed by atoms with E-state index in [1.54, 1.807) is 0 Å². The predicted molar refractivity (Wildman–Crippen MR) is 132 cm³/mol. The Hall–Kier alpha value is -2.03. The molecule has 0 N–H and O–H groups in total. The van der Waals surface area contributed by atoms with Crippen molar-refractivity contribution in [3.8, 4) is 0 Å². The first-order chi connectivity index (χ1) is 18.6. The minimum absolute atomic E-state index is 0. The Balaban J connectivity index is 0. The fourth-order valence-electron chi connectivity index (χ4n) is 8.21. The summed E-state index contributed by atoms with van der Waals surface area (Å²) >= 11 is 0. The Labute approximate surface area is 250 Å². The molecule has 40 heavy (non-hydrogen) atoms. The number of hydrogen-bond donors (Lipinski definition) is 0. The van der Waals surface area contributed by atoms with Gasteiger partial charge in [-0.3, -0.25) is 9.59 Å². The Bertz CT molecular complexity index is 1070. The summed E-state index contributed by atoms with van der Waals surface area (Å²) in [5.41, 5.74) is 0.967. The van der Waals surface area contributed by atoms with Crippen molar-refractivity contribution in [3.63, 3.8) is 0 Å². The first kappa shape index (κ1) is 40.1. The maximum absolute atomic E-state index is 13.5. The van der Waals surface area contributed by atoms with Gasteiger partial charge in [-0.15, -0.1) is 0 Å². The summed E-state index contributed by atoms with van der Waals surface area (Å²) in [6.45, 7) is 35.4. The van der Waals surface area contributed by atoms with Crippen LogP contribution in [0, 0.1) is 49.5 Å². The molecule has 6 aliphatic rings. The van der Waals surface area contributed by atoms with Crippen molar-refractivity contribution in [2.24, 2.45) is 21.0 Å². The molecule has 6 atom stereocenters. The Morgan fingerprint density at radius 1 is 0.725 bits per heavy atom. The number of carbonyl (C=O) groups excluding carboxylic acids is 2. The van der Waals surface area contributed by atoms with E-state index in [2.05, 4.69) is 72.8 Å². The van der Waals surface area contributed by atoms with E-state index in [1.165, 1.54) is 31.8 Å². The van der Waals surface area contributed by atoms with E-state index in [1.807, 2.05) is 0 Å². The molecular weight excluding hydrogens is 711 g/mol. The monoisotopic (exact) mass is 742 g/mol. The van der Waals surface area contributed by atoms with Crippen LogP contribution in [0.1, 0.15) is 53.9 Å². The van der Waals surface area contributed by atoms with Gasteiger partial charge in [0.25, 0.3) is 0 Å². The van der Waals surface area contributed by atoms with Crippen molar-refractivity contribution >= 4 is 25.8 Å². The topological polar surface area (TPSA) is 168 Å². The molecule has 0 amide bonds. The van der Waals surface area contributed by atoms with E-state index in [9.17, 15) is 9.59 Å². The van der Waals surface area contributed by atoms with E-state index in [0.29, 0.717) is 0 Å². The molecule has 0 aromatic carbocycles. The predicted octanol–water partition coefficient (Wildman–Crippen LogP) is 3.31. The van der Waals surface area contributed by atoms with Gasteiger partial charge < -0.3 is 14.4 Å². The molecule has 3 fully saturated rings. The number of piperidine rings is 1. The first-order valence-electron chi connectivity index (χ1n) is 11.6. The summed E-state index contributed by atoms with van der Waals surface area (Å²) in [5, 5.41) is -1.85. The minimum atomic E-state index is -1.29. The molecule has 11 nitrogen and oxygen atoms in total. The van der Waals surface area contributed by atoms with Crippen LogP contribution in [0.25, 0.3) is 0 Å². The number of methoxy groups -OCH3 is 2. The first-order valence-corrected chi connectivity index (χ1v) is 12.9. The number of esters is 2. The van der Waals surface area contributed by atoms with Crippen molar-refractivity contribution in [1.29, 1.82) is 0 Å². The Morgan fingerprint density at radius 2 is 1.05 bits per heavy atom. The van der Waals surface area contributed by atoms with Gasteiger partial charge in [0.15, 0.2) is 0 Å². The van der Waals surface area contributed by atoms with Crippen LogP contribution in [0.4, 0.5) is 0 Å². The summed E-state index contributed by atoms with van der Waals surface area (Å²) in [6, 6.07) is 0. The van der Waals surface area contributed by atoms with Crippen molar-refractivity contribution < 1.29 is 63.4 Å². The maximum atomic E-state index is 13.5. The van der Waals surface area contributed by atoms with Gasteiger partial charge >= 0.3 is 68.5 Å². The second-order valence-corrected chi connectivity index (χ2v) is 12.0. The van der Waals surface area contributed by atoms with Gasteiger partial charge in [-0.05, 0) is 33.1 Å². The SMILES string of the molecule is COC(=O)[C@@]12P3N=C(N4CCCCC4)C4(C)[C@]1(C)C(C)=C(C)[C@@]4(C)[C@]32C(=O)OC.[C-]#[O+].[C-]#[O+].[C-]#[O+].[C-]#[O+].[C-]#[O+].[W]. The van der Waals surface area contributed by atoms with Gasteiger partial charge in [-0.1, -0.05) is 31.9 Å². The zero-order valence-corrected chi connectivity index (χ0v) is 27.3. The van der Waals surface area contributed by atoms with E-state index in [0.717, 1.165) is 31.8 Å². The Kier molecular flexibility index (Phi) is 14.8. The number of nitrogens with zero attached hydrogens (tertiary/aromatic N) is 2. The number of hydrogen-bond acceptors (Lipinski definition) is 6. The second-order valence-electron chi connectivity index (χ2n) is 9.81. The number of likely N-dealkylation sites (tertiary alicyclic amines) is 1. The fourth-order valence-corrected chi connectivity index (χ4v) is 12.6. The molecule has 0 aromatic rings.